The summed E-state index contributed by atoms with van der Waals surface area (Å²) < 4.78 is 0. The van der Waals surface area contributed by atoms with Crippen LogP contribution in [0.5, 0.6) is 0 Å². The molecule has 1 aliphatic heterocycles. The molecule has 1 aromatic heterocycles. The number of fused-ring (bicyclic) bond motifs is 1. The van der Waals surface area contributed by atoms with Gasteiger partial charge in [0.25, 0.3) is 0 Å². The van der Waals surface area contributed by atoms with Crippen LogP contribution in [0.15, 0.2) is 24.5 Å². The number of nitrogens with zero attached hydrogens (tertiary/aromatic N) is 3. The highest BCUT2D eigenvalue weighted by atomic mass is 16.2. The second-order valence-electron chi connectivity index (χ2n) is 4.28. The molecule has 96 valence electrons. The minimum atomic E-state index is -0.433. The number of hydrogen-bond donors (Lipinski definition) is 2. The zero-order valence-electron chi connectivity index (χ0n) is 9.96. The van der Waals surface area contributed by atoms with E-state index in [0.29, 0.717) is 17.9 Å². The van der Waals surface area contributed by atoms with Crippen molar-refractivity contribution in [2.24, 2.45) is 0 Å². The number of carbonyl (C=O) groups excluding carboxylic acids is 2. The second kappa shape index (κ2) is 4.20. The Labute approximate surface area is 108 Å². The number of nitrogens with one attached hydrogen (secondary N) is 1. The first kappa shape index (κ1) is 11.4. The van der Waals surface area contributed by atoms with E-state index in [4.69, 9.17) is 5.73 Å². The van der Waals surface area contributed by atoms with Gasteiger partial charge in [0.15, 0.2) is 0 Å². The van der Waals surface area contributed by atoms with Gasteiger partial charge in [-0.15, -0.1) is 0 Å². The van der Waals surface area contributed by atoms with E-state index in [9.17, 15) is 9.59 Å². The van der Waals surface area contributed by atoms with Crippen LogP contribution in [0.25, 0.3) is 10.8 Å². The molecule has 3 rings (SSSR count). The molecule has 3 amide bonds. The van der Waals surface area contributed by atoms with Gasteiger partial charge in [-0.05, 0) is 12.1 Å². The number of aromatic nitrogens is 2. The van der Waals surface area contributed by atoms with E-state index in [-0.39, 0.29) is 12.3 Å². The molecule has 0 radical (unpaired) electrons. The Morgan fingerprint density at radius 2 is 2.00 bits per heavy atom. The maximum Gasteiger partial charge on any atom is 0.328 e. The lowest BCUT2D eigenvalue weighted by Crippen LogP contribution is -2.49. The van der Waals surface area contributed by atoms with Crippen molar-refractivity contribution in [1.29, 1.82) is 0 Å². The first-order chi connectivity index (χ1) is 9.15. The highest BCUT2D eigenvalue weighted by Gasteiger charge is 2.24. The van der Waals surface area contributed by atoms with E-state index in [2.05, 4.69) is 15.5 Å². The van der Waals surface area contributed by atoms with Gasteiger partial charge in [-0.2, -0.15) is 10.2 Å². The van der Waals surface area contributed by atoms with Gasteiger partial charge in [0, 0.05) is 35.1 Å². The number of anilines is 2. The molecule has 0 atom stereocenters. The van der Waals surface area contributed by atoms with Crippen LogP contribution in [0, 0.1) is 0 Å². The topological polar surface area (TPSA) is 101 Å². The van der Waals surface area contributed by atoms with Gasteiger partial charge >= 0.3 is 6.03 Å². The number of rotatable bonds is 1. The van der Waals surface area contributed by atoms with Crippen molar-refractivity contribution < 1.29 is 9.59 Å². The van der Waals surface area contributed by atoms with Crippen molar-refractivity contribution >= 4 is 34.1 Å². The monoisotopic (exact) mass is 257 g/mol. The molecule has 0 spiro atoms. The number of hydrogen-bond acceptors (Lipinski definition) is 5. The molecule has 0 bridgehead atoms. The maximum absolute atomic E-state index is 11.8. The molecule has 2 heterocycles. The molecule has 1 aliphatic rings. The molecule has 1 aromatic carbocycles. The number of imide groups is 1. The maximum atomic E-state index is 11.8. The van der Waals surface area contributed by atoms with Crippen molar-refractivity contribution in [2.45, 2.75) is 6.42 Å². The number of nitrogen functional groups attached to an aromatic ring is 1. The van der Waals surface area contributed by atoms with Gasteiger partial charge in [0.05, 0.1) is 12.4 Å². The van der Waals surface area contributed by atoms with Gasteiger partial charge in [-0.3, -0.25) is 15.0 Å². The largest absolute Gasteiger partial charge is 0.398 e. The minimum absolute atomic E-state index is 0.263. The van der Waals surface area contributed by atoms with E-state index in [1.165, 1.54) is 4.90 Å². The summed E-state index contributed by atoms with van der Waals surface area (Å²) in [6.07, 6.45) is 3.44. The van der Waals surface area contributed by atoms with Crippen LogP contribution in [0.3, 0.4) is 0 Å². The number of benzene rings is 1. The van der Waals surface area contributed by atoms with Crippen LogP contribution < -0.4 is 16.0 Å². The zero-order chi connectivity index (χ0) is 13.4. The van der Waals surface area contributed by atoms with Crippen LogP contribution in [0.1, 0.15) is 6.42 Å². The Kier molecular flexibility index (Phi) is 2.52. The van der Waals surface area contributed by atoms with Gasteiger partial charge in [-0.1, -0.05) is 0 Å². The fourth-order valence-corrected chi connectivity index (χ4v) is 2.09. The third-order valence-electron chi connectivity index (χ3n) is 3.04. The summed E-state index contributed by atoms with van der Waals surface area (Å²) >= 11 is 0. The van der Waals surface area contributed by atoms with E-state index in [1.807, 2.05) is 0 Å². The van der Waals surface area contributed by atoms with Gasteiger partial charge in [-0.25, -0.2) is 4.79 Å². The highest BCUT2D eigenvalue weighted by molar-refractivity contribution is 6.07. The van der Waals surface area contributed by atoms with Gasteiger partial charge < -0.3 is 5.73 Å². The Morgan fingerprint density at radius 1 is 1.21 bits per heavy atom. The molecule has 0 saturated carbocycles. The zero-order valence-corrected chi connectivity index (χ0v) is 9.96. The van der Waals surface area contributed by atoms with Gasteiger partial charge in [0.2, 0.25) is 5.91 Å². The summed E-state index contributed by atoms with van der Waals surface area (Å²) in [5.74, 6) is -0.263. The summed E-state index contributed by atoms with van der Waals surface area (Å²) in [6, 6.07) is 3.06. The molecule has 7 heteroatoms. The third-order valence-corrected chi connectivity index (χ3v) is 3.04. The van der Waals surface area contributed by atoms with Crippen LogP contribution in [-0.4, -0.2) is 28.7 Å². The Hall–Kier alpha value is -2.70. The molecule has 7 nitrogen and oxygen atoms in total. The molecule has 0 aliphatic carbocycles. The molecule has 19 heavy (non-hydrogen) atoms. The van der Waals surface area contributed by atoms with Crippen molar-refractivity contribution in [3.05, 3.63) is 24.5 Å². The molecule has 1 fully saturated rings. The van der Waals surface area contributed by atoms with Crippen molar-refractivity contribution in [2.75, 3.05) is 17.2 Å². The molecular weight excluding hydrogens is 246 g/mol. The van der Waals surface area contributed by atoms with E-state index >= 15 is 0 Å². The SMILES string of the molecule is Nc1cc(N2CCC(=O)NC2=O)cc2cnncc12. The fourth-order valence-electron chi connectivity index (χ4n) is 2.09. The van der Waals surface area contributed by atoms with E-state index in [1.54, 1.807) is 24.5 Å². The van der Waals surface area contributed by atoms with E-state index < -0.39 is 6.03 Å². The predicted molar refractivity (Wildman–Crippen MR) is 69.5 cm³/mol. The Balaban J connectivity index is 2.06. The van der Waals surface area contributed by atoms with Crippen LogP contribution >= 0.6 is 0 Å². The van der Waals surface area contributed by atoms with Crippen LogP contribution in [0.4, 0.5) is 16.2 Å². The average molecular weight is 257 g/mol. The quantitative estimate of drug-likeness (QED) is 0.731. The summed E-state index contributed by atoms with van der Waals surface area (Å²) in [5.41, 5.74) is 7.11. The average Bonchev–Trinajstić information content (AvgIpc) is 2.38. The van der Waals surface area contributed by atoms with Gasteiger partial charge in [0.1, 0.15) is 0 Å². The minimum Gasteiger partial charge on any atom is -0.398 e. The lowest BCUT2D eigenvalue weighted by atomic mass is 10.1. The molecule has 1 saturated heterocycles. The number of carbonyl (C=O) groups is 2. The van der Waals surface area contributed by atoms with Crippen molar-refractivity contribution in [3.8, 4) is 0 Å². The lowest BCUT2D eigenvalue weighted by molar-refractivity contribution is -0.120. The number of nitrogens with two attached hydrogens (primary N) is 1. The van der Waals surface area contributed by atoms with E-state index in [0.717, 1.165) is 10.8 Å². The highest BCUT2D eigenvalue weighted by Crippen LogP contribution is 2.27. The van der Waals surface area contributed by atoms with Crippen LogP contribution in [0.2, 0.25) is 0 Å². The first-order valence-electron chi connectivity index (χ1n) is 5.76. The number of amides is 3. The predicted octanol–water partition coefficient (Wildman–Crippen LogP) is 0.658. The fraction of sp³-hybridized carbons (Fsp3) is 0.167. The van der Waals surface area contributed by atoms with Crippen molar-refractivity contribution in [1.82, 2.24) is 15.5 Å². The Morgan fingerprint density at radius 3 is 2.79 bits per heavy atom. The molecule has 3 N–H and O–H groups in total. The molecule has 0 unspecified atom stereocenters. The molecule has 2 aromatic rings. The summed E-state index contributed by atoms with van der Waals surface area (Å²) in [7, 11) is 0. The second-order valence-corrected chi connectivity index (χ2v) is 4.28. The summed E-state index contributed by atoms with van der Waals surface area (Å²) in [5, 5.41) is 11.4. The van der Waals surface area contributed by atoms with Crippen molar-refractivity contribution in [3.63, 3.8) is 0 Å². The summed E-state index contributed by atoms with van der Waals surface area (Å²) in [6.45, 7) is 0.341. The standard InChI is InChI=1S/C12H11N5O2/c13-10-4-8(3-7-5-14-15-6-9(7)10)17-2-1-11(18)16-12(17)19/h3-6H,1-2,13H2,(H,16,18,19). The normalized spacial score (nSPS) is 15.7. The number of urea groups is 1. The smallest absolute Gasteiger partial charge is 0.328 e. The Bertz CT molecular complexity index is 685. The summed E-state index contributed by atoms with van der Waals surface area (Å²) in [4.78, 5) is 24.4. The third kappa shape index (κ3) is 1.95. The molecular formula is C12H11N5O2. The van der Waals surface area contributed by atoms with Crippen LogP contribution in [-0.2, 0) is 4.79 Å². The first-order valence-corrected chi connectivity index (χ1v) is 5.76. The lowest BCUT2D eigenvalue weighted by Gasteiger charge is -2.27.